The molecule has 2 heterocycles. The number of likely N-dealkylation sites (tertiary alicyclic amines) is 1. The van der Waals surface area contributed by atoms with Crippen molar-refractivity contribution in [2.75, 3.05) is 26.2 Å². The Morgan fingerprint density at radius 1 is 1.23 bits per heavy atom. The van der Waals surface area contributed by atoms with Crippen LogP contribution in [0.15, 0.2) is 54.9 Å². The summed E-state index contributed by atoms with van der Waals surface area (Å²) < 4.78 is 0. The van der Waals surface area contributed by atoms with Crippen LogP contribution in [0.4, 0.5) is 0 Å². The Morgan fingerprint density at radius 3 is 3.00 bits per heavy atom. The maximum Gasteiger partial charge on any atom is 0.251 e. The molecule has 0 unspecified atom stereocenters. The molecule has 26 heavy (non-hydrogen) atoms. The van der Waals surface area contributed by atoms with Gasteiger partial charge in [-0.1, -0.05) is 30.3 Å². The third kappa shape index (κ3) is 3.94. The largest absolute Gasteiger partial charge is 0.352 e. The Hall–Kier alpha value is -2.66. The maximum atomic E-state index is 12.4. The molecule has 0 spiro atoms. The summed E-state index contributed by atoms with van der Waals surface area (Å²) >= 11 is 0. The molecule has 1 saturated heterocycles. The zero-order valence-corrected chi connectivity index (χ0v) is 14.8. The van der Waals surface area contributed by atoms with Gasteiger partial charge in [0.05, 0.1) is 17.4 Å². The van der Waals surface area contributed by atoms with Gasteiger partial charge in [0, 0.05) is 25.2 Å². The molecule has 0 bridgehead atoms. The van der Waals surface area contributed by atoms with E-state index in [1.807, 2.05) is 18.2 Å². The molecule has 134 valence electrons. The fraction of sp³-hybridized carbons (Fsp3) is 0.333. The first-order valence-corrected chi connectivity index (χ1v) is 9.25. The molecule has 1 fully saturated rings. The topological polar surface area (TPSA) is 61.0 Å². The van der Waals surface area contributed by atoms with Gasteiger partial charge >= 0.3 is 0 Å². The van der Waals surface area contributed by atoms with Crippen molar-refractivity contribution < 1.29 is 4.79 Å². The number of imidazole rings is 1. The number of nitrogens with one attached hydrogen (secondary N) is 2. The summed E-state index contributed by atoms with van der Waals surface area (Å²) in [4.78, 5) is 22.1. The molecule has 2 N–H and O–H groups in total. The van der Waals surface area contributed by atoms with Crippen LogP contribution < -0.4 is 5.32 Å². The second-order valence-corrected chi connectivity index (χ2v) is 7.04. The summed E-state index contributed by atoms with van der Waals surface area (Å²) in [5, 5.41) is 3.09. The van der Waals surface area contributed by atoms with Crippen molar-refractivity contribution in [1.29, 1.82) is 0 Å². The number of nitrogens with zero attached hydrogens (tertiary/aromatic N) is 2. The number of fused-ring (bicyclic) bond motifs is 1. The van der Waals surface area contributed by atoms with E-state index >= 15 is 0 Å². The first-order chi connectivity index (χ1) is 12.8. The van der Waals surface area contributed by atoms with Crippen molar-refractivity contribution in [2.45, 2.75) is 12.8 Å². The number of aromatic nitrogens is 2. The number of H-pyrrole nitrogens is 1. The van der Waals surface area contributed by atoms with Crippen LogP contribution in [0.25, 0.3) is 11.0 Å². The number of benzene rings is 2. The average molecular weight is 348 g/mol. The highest BCUT2D eigenvalue weighted by Crippen LogP contribution is 2.17. The summed E-state index contributed by atoms with van der Waals surface area (Å²) in [7, 11) is 0. The second kappa shape index (κ2) is 7.70. The Bertz CT molecular complexity index is 874. The first kappa shape index (κ1) is 16.8. The standard InChI is InChI=1S/C21H24N4O/c26-21(18-6-7-19-20(12-18)24-15-23-19)22-13-17-9-11-25(14-17)10-8-16-4-2-1-3-5-16/h1-7,12,15,17H,8-11,13-14H2,(H,22,26)(H,23,24)/t17-/m0/s1. The lowest BCUT2D eigenvalue weighted by Gasteiger charge is -2.16. The molecule has 5 heteroatoms. The third-order valence-electron chi connectivity index (χ3n) is 5.16. The highest BCUT2D eigenvalue weighted by molar-refractivity contribution is 5.97. The number of carbonyl (C=O) groups is 1. The van der Waals surface area contributed by atoms with Gasteiger partial charge in [-0.2, -0.15) is 0 Å². The van der Waals surface area contributed by atoms with Crippen molar-refractivity contribution in [3.8, 4) is 0 Å². The van der Waals surface area contributed by atoms with Gasteiger partial charge in [-0.25, -0.2) is 4.98 Å². The molecule has 2 aromatic carbocycles. The van der Waals surface area contributed by atoms with Crippen LogP contribution in [0.2, 0.25) is 0 Å². The van der Waals surface area contributed by atoms with E-state index < -0.39 is 0 Å². The highest BCUT2D eigenvalue weighted by atomic mass is 16.1. The van der Waals surface area contributed by atoms with Crippen LogP contribution in [0.1, 0.15) is 22.3 Å². The molecule has 5 nitrogen and oxygen atoms in total. The quantitative estimate of drug-likeness (QED) is 0.720. The summed E-state index contributed by atoms with van der Waals surface area (Å²) in [6, 6.07) is 16.2. The minimum atomic E-state index is -0.00997. The smallest absolute Gasteiger partial charge is 0.251 e. The van der Waals surface area contributed by atoms with E-state index in [2.05, 4.69) is 50.5 Å². The first-order valence-electron chi connectivity index (χ1n) is 9.25. The predicted octanol–water partition coefficient (Wildman–Crippen LogP) is 2.86. The van der Waals surface area contributed by atoms with E-state index in [1.165, 1.54) is 5.56 Å². The van der Waals surface area contributed by atoms with Crippen LogP contribution in [0, 0.1) is 5.92 Å². The van der Waals surface area contributed by atoms with Crippen LogP contribution in [0.3, 0.4) is 0 Å². The van der Waals surface area contributed by atoms with E-state index in [0.29, 0.717) is 11.5 Å². The van der Waals surface area contributed by atoms with Crippen molar-refractivity contribution in [1.82, 2.24) is 20.2 Å². The summed E-state index contributed by atoms with van der Waals surface area (Å²) in [6.07, 6.45) is 3.88. The Labute approximate surface area is 153 Å². The molecular formula is C21H24N4O. The third-order valence-corrected chi connectivity index (χ3v) is 5.16. The lowest BCUT2D eigenvalue weighted by molar-refractivity contribution is 0.0947. The van der Waals surface area contributed by atoms with E-state index in [4.69, 9.17) is 0 Å². The van der Waals surface area contributed by atoms with Gasteiger partial charge in [-0.15, -0.1) is 0 Å². The molecule has 0 aliphatic carbocycles. The van der Waals surface area contributed by atoms with Gasteiger partial charge < -0.3 is 15.2 Å². The van der Waals surface area contributed by atoms with Gasteiger partial charge in [-0.05, 0) is 49.1 Å². The van der Waals surface area contributed by atoms with E-state index in [9.17, 15) is 4.79 Å². The van der Waals surface area contributed by atoms with E-state index in [0.717, 1.165) is 50.1 Å². The molecule has 3 aromatic rings. The number of hydrogen-bond acceptors (Lipinski definition) is 3. The fourth-order valence-electron chi connectivity index (χ4n) is 3.63. The number of hydrogen-bond donors (Lipinski definition) is 2. The lowest BCUT2D eigenvalue weighted by Crippen LogP contribution is -2.31. The van der Waals surface area contributed by atoms with E-state index in [-0.39, 0.29) is 5.91 Å². The molecule has 1 amide bonds. The van der Waals surface area contributed by atoms with Crippen LogP contribution in [-0.2, 0) is 6.42 Å². The molecular weight excluding hydrogens is 324 g/mol. The van der Waals surface area contributed by atoms with E-state index in [1.54, 1.807) is 6.33 Å². The zero-order valence-electron chi connectivity index (χ0n) is 14.8. The average Bonchev–Trinajstić information content (AvgIpc) is 3.33. The normalized spacial score (nSPS) is 17.6. The predicted molar refractivity (Wildman–Crippen MR) is 103 cm³/mol. The van der Waals surface area contributed by atoms with Gasteiger partial charge in [0.1, 0.15) is 0 Å². The molecule has 1 aliphatic rings. The molecule has 1 atom stereocenters. The Kier molecular flexibility index (Phi) is 4.97. The number of carbonyl (C=O) groups excluding carboxylic acids is 1. The summed E-state index contributed by atoms with van der Waals surface area (Å²) in [5.74, 6) is 0.523. The molecule has 1 aliphatic heterocycles. The number of amides is 1. The minimum absolute atomic E-state index is 0.00997. The van der Waals surface area contributed by atoms with Gasteiger partial charge in [0.15, 0.2) is 0 Å². The van der Waals surface area contributed by atoms with Gasteiger partial charge in [-0.3, -0.25) is 4.79 Å². The highest BCUT2D eigenvalue weighted by Gasteiger charge is 2.22. The molecule has 4 rings (SSSR count). The molecule has 0 radical (unpaired) electrons. The lowest BCUT2D eigenvalue weighted by atomic mass is 10.1. The monoisotopic (exact) mass is 348 g/mol. The van der Waals surface area contributed by atoms with Gasteiger partial charge in [0.25, 0.3) is 5.91 Å². The Morgan fingerprint density at radius 2 is 2.12 bits per heavy atom. The van der Waals surface area contributed by atoms with Crippen molar-refractivity contribution in [3.63, 3.8) is 0 Å². The molecule has 0 saturated carbocycles. The summed E-state index contributed by atoms with van der Waals surface area (Å²) in [5.41, 5.74) is 3.84. The van der Waals surface area contributed by atoms with Crippen LogP contribution in [0.5, 0.6) is 0 Å². The second-order valence-electron chi connectivity index (χ2n) is 7.04. The Balaban J connectivity index is 1.24. The molecule has 1 aromatic heterocycles. The number of rotatable bonds is 6. The minimum Gasteiger partial charge on any atom is -0.352 e. The SMILES string of the molecule is O=C(NC[C@@H]1CCN(CCc2ccccc2)C1)c1ccc2nc[nH]c2c1. The van der Waals surface area contributed by atoms with Crippen molar-refractivity contribution in [3.05, 3.63) is 66.0 Å². The zero-order chi connectivity index (χ0) is 17.8. The van der Waals surface area contributed by atoms with Gasteiger partial charge in [0.2, 0.25) is 0 Å². The van der Waals surface area contributed by atoms with Crippen LogP contribution >= 0.6 is 0 Å². The van der Waals surface area contributed by atoms with Crippen molar-refractivity contribution in [2.24, 2.45) is 5.92 Å². The maximum absolute atomic E-state index is 12.4. The van der Waals surface area contributed by atoms with Crippen molar-refractivity contribution >= 4 is 16.9 Å². The summed E-state index contributed by atoms with van der Waals surface area (Å²) in [6.45, 7) is 4.01. The fourth-order valence-corrected chi connectivity index (χ4v) is 3.63. The number of aromatic amines is 1. The van der Waals surface area contributed by atoms with Crippen LogP contribution in [-0.4, -0.2) is 47.0 Å².